The third kappa shape index (κ3) is 3.55. The number of nitrogens with one attached hydrogen (secondary N) is 2. The number of ether oxygens (including phenoxy) is 2. The van der Waals surface area contributed by atoms with Crippen molar-refractivity contribution in [3.63, 3.8) is 0 Å². The first-order valence-corrected chi connectivity index (χ1v) is 7.76. The van der Waals surface area contributed by atoms with Crippen molar-refractivity contribution in [3.05, 3.63) is 46.4 Å². The van der Waals surface area contributed by atoms with Crippen LogP contribution in [0.3, 0.4) is 0 Å². The number of halogens is 2. The first-order chi connectivity index (χ1) is 11.5. The zero-order valence-corrected chi connectivity index (χ0v) is 13.8. The highest BCUT2D eigenvalue weighted by Crippen LogP contribution is 2.33. The molecule has 124 valence electrons. The van der Waals surface area contributed by atoms with Gasteiger partial charge in [-0.2, -0.15) is 0 Å². The largest absolute Gasteiger partial charge is 0.486 e. The average molecular weight is 367 g/mol. The van der Waals surface area contributed by atoms with E-state index in [0.29, 0.717) is 30.4 Å². The number of rotatable bonds is 2. The van der Waals surface area contributed by atoms with Gasteiger partial charge in [-0.3, -0.25) is 9.59 Å². The lowest BCUT2D eigenvalue weighted by molar-refractivity contribution is -0.132. The van der Waals surface area contributed by atoms with Gasteiger partial charge in [-0.05, 0) is 24.3 Å². The molecule has 1 aliphatic heterocycles. The fourth-order valence-electron chi connectivity index (χ4n) is 2.10. The van der Waals surface area contributed by atoms with Crippen LogP contribution in [0.2, 0.25) is 10.0 Å². The zero-order chi connectivity index (χ0) is 17.1. The van der Waals surface area contributed by atoms with Crippen molar-refractivity contribution in [2.45, 2.75) is 0 Å². The standard InChI is InChI=1S/C16H12Cl2N2O4/c17-10-2-1-3-11(18)14(10)20-16(22)15(21)19-9-4-5-12-13(8-9)24-7-6-23-12/h1-5,8H,6-7H2,(H,19,21)(H,20,22). The fourth-order valence-corrected chi connectivity index (χ4v) is 2.59. The van der Waals surface area contributed by atoms with Crippen LogP contribution in [-0.4, -0.2) is 25.0 Å². The highest BCUT2D eigenvalue weighted by molar-refractivity contribution is 6.46. The van der Waals surface area contributed by atoms with Gasteiger partial charge in [-0.15, -0.1) is 0 Å². The number of para-hydroxylation sites is 1. The Morgan fingerprint density at radius 3 is 2.21 bits per heavy atom. The van der Waals surface area contributed by atoms with Gasteiger partial charge in [0.2, 0.25) is 0 Å². The van der Waals surface area contributed by atoms with Crippen molar-refractivity contribution < 1.29 is 19.1 Å². The molecule has 0 saturated carbocycles. The maximum Gasteiger partial charge on any atom is 0.314 e. The zero-order valence-electron chi connectivity index (χ0n) is 12.3. The van der Waals surface area contributed by atoms with Crippen LogP contribution in [0.15, 0.2) is 36.4 Å². The number of carbonyl (C=O) groups excluding carboxylic acids is 2. The summed E-state index contributed by atoms with van der Waals surface area (Å²) in [5, 5.41) is 5.35. The summed E-state index contributed by atoms with van der Waals surface area (Å²) in [5.74, 6) is -0.650. The summed E-state index contributed by atoms with van der Waals surface area (Å²) in [4.78, 5) is 24.0. The first kappa shape index (κ1) is 16.4. The van der Waals surface area contributed by atoms with Gasteiger partial charge in [0, 0.05) is 11.8 Å². The molecule has 24 heavy (non-hydrogen) atoms. The van der Waals surface area contributed by atoms with Crippen LogP contribution in [0.1, 0.15) is 0 Å². The minimum absolute atomic E-state index is 0.183. The van der Waals surface area contributed by atoms with Crippen molar-refractivity contribution in [3.8, 4) is 11.5 Å². The quantitative estimate of drug-likeness (QED) is 0.799. The van der Waals surface area contributed by atoms with Gasteiger partial charge in [0.1, 0.15) is 13.2 Å². The highest BCUT2D eigenvalue weighted by atomic mass is 35.5. The predicted octanol–water partition coefficient (Wildman–Crippen LogP) is 3.34. The summed E-state index contributed by atoms with van der Waals surface area (Å²) in [6.07, 6.45) is 0. The number of amides is 2. The number of hydrogen-bond donors (Lipinski definition) is 2. The lowest BCUT2D eigenvalue weighted by Gasteiger charge is -2.19. The van der Waals surface area contributed by atoms with E-state index in [-0.39, 0.29) is 15.7 Å². The van der Waals surface area contributed by atoms with E-state index in [1.165, 1.54) is 0 Å². The van der Waals surface area contributed by atoms with Crippen LogP contribution in [0.25, 0.3) is 0 Å². The van der Waals surface area contributed by atoms with Gasteiger partial charge in [-0.1, -0.05) is 29.3 Å². The lowest BCUT2D eigenvalue weighted by Crippen LogP contribution is -2.29. The fraction of sp³-hybridized carbons (Fsp3) is 0.125. The monoisotopic (exact) mass is 366 g/mol. The van der Waals surface area contributed by atoms with E-state index in [2.05, 4.69) is 10.6 Å². The molecule has 0 aliphatic carbocycles. The van der Waals surface area contributed by atoms with Crippen LogP contribution >= 0.6 is 23.2 Å². The molecule has 0 spiro atoms. The molecule has 6 nitrogen and oxygen atoms in total. The van der Waals surface area contributed by atoms with Crippen LogP contribution in [0.5, 0.6) is 11.5 Å². The lowest BCUT2D eigenvalue weighted by atomic mass is 10.2. The summed E-state index contributed by atoms with van der Waals surface area (Å²) in [5.41, 5.74) is 0.591. The summed E-state index contributed by atoms with van der Waals surface area (Å²) in [6.45, 7) is 0.898. The van der Waals surface area contributed by atoms with Crippen molar-refractivity contribution in [1.29, 1.82) is 0 Å². The Morgan fingerprint density at radius 1 is 0.875 bits per heavy atom. The second-order valence-electron chi connectivity index (χ2n) is 4.86. The molecule has 0 saturated heterocycles. The molecular weight excluding hydrogens is 355 g/mol. The van der Waals surface area contributed by atoms with Gasteiger partial charge >= 0.3 is 11.8 Å². The smallest absolute Gasteiger partial charge is 0.314 e. The maximum absolute atomic E-state index is 12.0. The second kappa shape index (κ2) is 6.98. The SMILES string of the molecule is O=C(Nc1ccc2c(c1)OCCO2)C(=O)Nc1c(Cl)cccc1Cl. The Bertz CT molecular complexity index is 790. The molecular formula is C16H12Cl2N2O4. The van der Waals surface area contributed by atoms with E-state index in [9.17, 15) is 9.59 Å². The number of carbonyl (C=O) groups is 2. The summed E-state index contributed by atoms with van der Waals surface area (Å²) in [7, 11) is 0. The molecule has 8 heteroatoms. The summed E-state index contributed by atoms with van der Waals surface area (Å²) >= 11 is 11.9. The Kier molecular flexibility index (Phi) is 4.78. The van der Waals surface area contributed by atoms with E-state index >= 15 is 0 Å². The van der Waals surface area contributed by atoms with Gasteiger partial charge in [0.05, 0.1) is 15.7 Å². The number of anilines is 2. The Morgan fingerprint density at radius 2 is 1.50 bits per heavy atom. The molecule has 0 radical (unpaired) electrons. The van der Waals surface area contributed by atoms with Gasteiger partial charge in [-0.25, -0.2) is 0 Å². The summed E-state index contributed by atoms with van der Waals surface area (Å²) < 4.78 is 10.8. The minimum Gasteiger partial charge on any atom is -0.486 e. The molecule has 0 fully saturated rings. The summed E-state index contributed by atoms with van der Waals surface area (Å²) in [6, 6.07) is 9.61. The van der Waals surface area contributed by atoms with Crippen molar-refractivity contribution in [2.24, 2.45) is 0 Å². The second-order valence-corrected chi connectivity index (χ2v) is 5.68. The molecule has 2 aromatic carbocycles. The van der Waals surface area contributed by atoms with Crippen LogP contribution in [0, 0.1) is 0 Å². The third-order valence-corrected chi connectivity index (χ3v) is 3.84. The molecule has 1 heterocycles. The molecule has 2 N–H and O–H groups in total. The van der Waals surface area contributed by atoms with Gasteiger partial charge in [0.25, 0.3) is 0 Å². The number of hydrogen-bond acceptors (Lipinski definition) is 4. The molecule has 2 amide bonds. The maximum atomic E-state index is 12.0. The van der Waals surface area contributed by atoms with E-state index in [4.69, 9.17) is 32.7 Å². The van der Waals surface area contributed by atoms with E-state index in [1.54, 1.807) is 36.4 Å². The molecule has 2 aromatic rings. The van der Waals surface area contributed by atoms with Crippen molar-refractivity contribution in [2.75, 3.05) is 23.8 Å². The predicted molar refractivity (Wildman–Crippen MR) is 91.2 cm³/mol. The number of fused-ring (bicyclic) bond motifs is 1. The van der Waals surface area contributed by atoms with E-state index in [0.717, 1.165) is 0 Å². The van der Waals surface area contributed by atoms with Gasteiger partial charge < -0.3 is 20.1 Å². The minimum atomic E-state index is -0.889. The molecule has 0 aromatic heterocycles. The molecule has 0 atom stereocenters. The molecule has 3 rings (SSSR count). The Hall–Kier alpha value is -2.44. The topological polar surface area (TPSA) is 76.7 Å². The van der Waals surface area contributed by atoms with Crippen LogP contribution in [-0.2, 0) is 9.59 Å². The van der Waals surface area contributed by atoms with Crippen LogP contribution < -0.4 is 20.1 Å². The highest BCUT2D eigenvalue weighted by Gasteiger charge is 2.18. The average Bonchev–Trinajstić information content (AvgIpc) is 2.58. The molecule has 1 aliphatic rings. The Labute approximate surface area is 147 Å². The number of benzene rings is 2. The van der Waals surface area contributed by atoms with E-state index in [1.807, 2.05) is 0 Å². The Balaban J connectivity index is 1.69. The first-order valence-electron chi connectivity index (χ1n) is 7.00. The molecule has 0 unspecified atom stereocenters. The van der Waals surface area contributed by atoms with Crippen LogP contribution in [0.4, 0.5) is 11.4 Å². The normalized spacial score (nSPS) is 12.4. The molecule has 0 bridgehead atoms. The van der Waals surface area contributed by atoms with E-state index < -0.39 is 11.8 Å². The van der Waals surface area contributed by atoms with Gasteiger partial charge in [0.15, 0.2) is 11.5 Å². The third-order valence-electron chi connectivity index (χ3n) is 3.21. The van der Waals surface area contributed by atoms with Crippen molar-refractivity contribution in [1.82, 2.24) is 0 Å². The van der Waals surface area contributed by atoms with Crippen molar-refractivity contribution >= 4 is 46.4 Å².